The molecule has 0 saturated carbocycles. The Balaban J connectivity index is 1.95. The second-order valence-electron chi connectivity index (χ2n) is 4.44. The third-order valence-corrected chi connectivity index (χ3v) is 3.64. The van der Waals surface area contributed by atoms with Crippen LogP contribution in [-0.2, 0) is 0 Å². The van der Waals surface area contributed by atoms with E-state index in [2.05, 4.69) is 17.2 Å². The van der Waals surface area contributed by atoms with Crippen molar-refractivity contribution in [2.75, 3.05) is 11.9 Å². The first-order valence-corrected chi connectivity index (χ1v) is 7.56. The van der Waals surface area contributed by atoms with Crippen LogP contribution in [0.4, 0.5) is 10.1 Å². The molecule has 1 heterocycles. The number of carbonyl (C=O) groups excluding carboxylic acids is 1. The zero-order valence-electron chi connectivity index (χ0n) is 11.9. The van der Waals surface area contributed by atoms with Crippen LogP contribution in [0.25, 0.3) is 0 Å². The van der Waals surface area contributed by atoms with Gasteiger partial charge in [-0.15, -0.1) is 0 Å². The third-order valence-electron chi connectivity index (χ3n) is 2.78. The Labute approximate surface area is 131 Å². The lowest BCUT2D eigenvalue weighted by Gasteiger charge is -2.06. The van der Waals surface area contributed by atoms with Gasteiger partial charge in [-0.2, -0.15) is 0 Å². The summed E-state index contributed by atoms with van der Waals surface area (Å²) in [5.74, 6) is 0.333. The van der Waals surface area contributed by atoms with Gasteiger partial charge >= 0.3 is 5.00 Å². The molecule has 1 aromatic carbocycles. The summed E-state index contributed by atoms with van der Waals surface area (Å²) in [6.07, 6.45) is 3.15. The Morgan fingerprint density at radius 2 is 2.14 bits per heavy atom. The zero-order chi connectivity index (χ0) is 15.9. The number of anilines is 1. The maximum atomic E-state index is 12.0. The maximum absolute atomic E-state index is 12.0. The second kappa shape index (κ2) is 7.51. The standard InChI is InChI=1S/C14H15N3O4S/c1-2-3-8-21-11-6-4-10(5-7-11)13(18)16-14-15-9-12(22-14)17(19)20/h4-7,9H,2-3,8H2,1H3,(H,15,16,18). The van der Waals surface area contributed by atoms with Gasteiger partial charge in [-0.3, -0.25) is 20.2 Å². The molecular weight excluding hydrogens is 306 g/mol. The predicted molar refractivity (Wildman–Crippen MR) is 83.6 cm³/mol. The molecule has 7 nitrogen and oxygen atoms in total. The molecule has 1 N–H and O–H groups in total. The zero-order valence-corrected chi connectivity index (χ0v) is 12.8. The van der Waals surface area contributed by atoms with Crippen LogP contribution in [0, 0.1) is 10.1 Å². The number of thiazole rings is 1. The minimum Gasteiger partial charge on any atom is -0.494 e. The summed E-state index contributed by atoms with van der Waals surface area (Å²) in [6.45, 7) is 2.73. The number of ether oxygens (including phenoxy) is 1. The molecule has 0 saturated heterocycles. The summed E-state index contributed by atoms with van der Waals surface area (Å²) in [5.41, 5.74) is 0.431. The highest BCUT2D eigenvalue weighted by Gasteiger charge is 2.14. The normalized spacial score (nSPS) is 10.2. The maximum Gasteiger partial charge on any atom is 0.345 e. The van der Waals surface area contributed by atoms with Crippen LogP contribution in [-0.4, -0.2) is 22.4 Å². The lowest BCUT2D eigenvalue weighted by atomic mass is 10.2. The fourth-order valence-electron chi connectivity index (χ4n) is 1.61. The fourth-order valence-corrected chi connectivity index (χ4v) is 2.24. The van der Waals surface area contributed by atoms with Crippen molar-refractivity contribution in [3.8, 4) is 5.75 Å². The van der Waals surface area contributed by atoms with Gasteiger partial charge in [0.15, 0.2) is 5.13 Å². The highest BCUT2D eigenvalue weighted by atomic mass is 32.1. The quantitative estimate of drug-likeness (QED) is 0.478. The van der Waals surface area contributed by atoms with Crippen LogP contribution in [0.1, 0.15) is 30.1 Å². The Morgan fingerprint density at radius 1 is 1.41 bits per heavy atom. The third kappa shape index (κ3) is 4.26. The minimum atomic E-state index is -0.546. The molecule has 0 spiro atoms. The first kappa shape index (κ1) is 15.9. The van der Waals surface area contributed by atoms with Crippen molar-refractivity contribution >= 4 is 27.4 Å². The van der Waals surface area contributed by atoms with Crippen molar-refractivity contribution in [2.24, 2.45) is 0 Å². The molecule has 0 aliphatic carbocycles. The van der Waals surface area contributed by atoms with Crippen LogP contribution >= 0.6 is 11.3 Å². The molecule has 0 atom stereocenters. The van der Waals surface area contributed by atoms with E-state index in [1.165, 1.54) is 0 Å². The van der Waals surface area contributed by atoms with Crippen LogP contribution in [0.5, 0.6) is 5.75 Å². The first-order chi connectivity index (χ1) is 10.6. The van der Waals surface area contributed by atoms with E-state index < -0.39 is 4.92 Å². The van der Waals surface area contributed by atoms with Gasteiger partial charge in [0.25, 0.3) is 5.91 Å². The average Bonchev–Trinajstić information content (AvgIpc) is 2.97. The van der Waals surface area contributed by atoms with Gasteiger partial charge in [0.1, 0.15) is 11.9 Å². The number of hydrogen-bond acceptors (Lipinski definition) is 6. The topological polar surface area (TPSA) is 94.4 Å². The van der Waals surface area contributed by atoms with Gasteiger partial charge in [0.05, 0.1) is 11.5 Å². The van der Waals surface area contributed by atoms with Gasteiger partial charge in [0, 0.05) is 5.56 Å². The van der Waals surface area contributed by atoms with Crippen molar-refractivity contribution in [3.63, 3.8) is 0 Å². The van der Waals surface area contributed by atoms with Gasteiger partial charge in [0.2, 0.25) is 0 Å². The van der Waals surface area contributed by atoms with E-state index in [0.29, 0.717) is 17.9 Å². The Kier molecular flexibility index (Phi) is 5.42. The number of carbonyl (C=O) groups is 1. The largest absolute Gasteiger partial charge is 0.494 e. The number of rotatable bonds is 7. The summed E-state index contributed by atoms with van der Waals surface area (Å²) in [6, 6.07) is 6.71. The molecule has 0 aliphatic rings. The number of nitro groups is 1. The summed E-state index contributed by atoms with van der Waals surface area (Å²) >= 11 is 0.814. The number of aromatic nitrogens is 1. The summed E-state index contributed by atoms with van der Waals surface area (Å²) < 4.78 is 5.51. The highest BCUT2D eigenvalue weighted by Crippen LogP contribution is 2.25. The fraction of sp³-hybridized carbons (Fsp3) is 0.286. The molecule has 0 aliphatic heterocycles. The van der Waals surface area contributed by atoms with Gasteiger partial charge < -0.3 is 4.74 Å². The summed E-state index contributed by atoms with van der Waals surface area (Å²) in [4.78, 5) is 25.8. The number of amides is 1. The van der Waals surface area contributed by atoms with Crippen molar-refractivity contribution in [3.05, 3.63) is 46.1 Å². The predicted octanol–water partition coefficient (Wildman–Crippen LogP) is 3.48. The van der Waals surface area contributed by atoms with E-state index in [1.54, 1.807) is 24.3 Å². The average molecular weight is 321 g/mol. The number of unbranched alkanes of at least 4 members (excludes halogenated alkanes) is 1. The monoisotopic (exact) mass is 321 g/mol. The van der Waals surface area contributed by atoms with Crippen LogP contribution in [0.15, 0.2) is 30.5 Å². The lowest BCUT2D eigenvalue weighted by molar-refractivity contribution is -0.380. The molecule has 1 aromatic heterocycles. The number of hydrogen-bond donors (Lipinski definition) is 1. The van der Waals surface area contributed by atoms with Gasteiger partial charge in [-0.25, -0.2) is 4.98 Å². The molecule has 0 fully saturated rings. The van der Waals surface area contributed by atoms with Crippen LogP contribution < -0.4 is 10.1 Å². The molecule has 116 valence electrons. The van der Waals surface area contributed by atoms with E-state index in [9.17, 15) is 14.9 Å². The number of nitrogens with zero attached hydrogens (tertiary/aromatic N) is 2. The van der Waals surface area contributed by atoms with Crippen molar-refractivity contribution in [1.29, 1.82) is 0 Å². The van der Waals surface area contributed by atoms with E-state index in [4.69, 9.17) is 4.74 Å². The molecule has 1 amide bonds. The molecular formula is C14H15N3O4S. The second-order valence-corrected chi connectivity index (χ2v) is 5.45. The smallest absolute Gasteiger partial charge is 0.345 e. The van der Waals surface area contributed by atoms with E-state index >= 15 is 0 Å². The SMILES string of the molecule is CCCCOc1ccc(C(=O)Nc2ncc([N+](=O)[O-])s2)cc1. The van der Waals surface area contributed by atoms with Crippen molar-refractivity contribution in [1.82, 2.24) is 4.98 Å². The molecule has 2 aromatic rings. The van der Waals surface area contributed by atoms with Crippen LogP contribution in [0.2, 0.25) is 0 Å². The first-order valence-electron chi connectivity index (χ1n) is 6.74. The lowest BCUT2D eigenvalue weighted by Crippen LogP contribution is -2.11. The molecule has 2 rings (SSSR count). The van der Waals surface area contributed by atoms with Crippen molar-refractivity contribution < 1.29 is 14.5 Å². The van der Waals surface area contributed by atoms with E-state index in [0.717, 1.165) is 30.4 Å². The van der Waals surface area contributed by atoms with E-state index in [-0.39, 0.29) is 16.0 Å². The van der Waals surface area contributed by atoms with Gasteiger partial charge in [-0.1, -0.05) is 13.3 Å². The molecule has 0 bridgehead atoms. The van der Waals surface area contributed by atoms with Crippen LogP contribution in [0.3, 0.4) is 0 Å². The Hall–Kier alpha value is -2.48. The minimum absolute atomic E-state index is 0.116. The number of benzene rings is 1. The summed E-state index contributed by atoms with van der Waals surface area (Å²) in [7, 11) is 0. The highest BCUT2D eigenvalue weighted by molar-refractivity contribution is 7.18. The molecule has 0 unspecified atom stereocenters. The summed E-state index contributed by atoms with van der Waals surface area (Å²) in [5, 5.41) is 13.2. The molecule has 0 radical (unpaired) electrons. The Bertz CT molecular complexity index is 654. The van der Waals surface area contributed by atoms with E-state index in [1.807, 2.05) is 0 Å². The molecule has 22 heavy (non-hydrogen) atoms. The Morgan fingerprint density at radius 3 is 2.73 bits per heavy atom. The molecule has 8 heteroatoms. The van der Waals surface area contributed by atoms with Gasteiger partial charge in [-0.05, 0) is 42.0 Å². The number of nitrogens with one attached hydrogen (secondary N) is 1. The van der Waals surface area contributed by atoms with Crippen molar-refractivity contribution in [2.45, 2.75) is 19.8 Å².